The average molecular weight is 230 g/mol. The number of thioether (sulfide) groups is 1. The number of hydrogen-bond acceptors (Lipinski definition) is 2. The molecule has 0 heterocycles. The summed E-state index contributed by atoms with van der Waals surface area (Å²) in [4.78, 5) is 1.12. The molecule has 2 rings (SSSR count). The summed E-state index contributed by atoms with van der Waals surface area (Å²) in [6.45, 7) is 0. The van der Waals surface area contributed by atoms with E-state index in [-0.39, 0.29) is 0 Å². The first-order valence-corrected chi connectivity index (χ1v) is 6.29. The number of rotatable bonds is 4. The van der Waals surface area contributed by atoms with E-state index in [4.69, 9.17) is 0 Å². The predicted octanol–water partition coefficient (Wildman–Crippen LogP) is 3.73. The third-order valence-electron chi connectivity index (χ3n) is 2.32. The molecule has 82 valence electrons. The third kappa shape index (κ3) is 3.31. The van der Waals surface area contributed by atoms with Gasteiger partial charge in [0, 0.05) is 10.6 Å². The zero-order chi connectivity index (χ0) is 11.2. The van der Waals surface area contributed by atoms with E-state index in [0.29, 0.717) is 5.75 Å². The van der Waals surface area contributed by atoms with Crippen LogP contribution in [0.15, 0.2) is 59.5 Å². The number of hydrogen-bond donors (Lipinski definition) is 1. The molecule has 0 spiro atoms. The Balaban J connectivity index is 1.85. The zero-order valence-electron chi connectivity index (χ0n) is 8.97. The highest BCUT2D eigenvalue weighted by Gasteiger charge is 1.96. The second-order valence-electron chi connectivity index (χ2n) is 3.58. The Morgan fingerprint density at radius 2 is 1.75 bits per heavy atom. The molecule has 0 bridgehead atoms. The van der Waals surface area contributed by atoms with Gasteiger partial charge in [0.25, 0.3) is 0 Å². The van der Waals surface area contributed by atoms with E-state index in [1.807, 2.05) is 18.2 Å². The van der Waals surface area contributed by atoms with Crippen LogP contribution in [0.25, 0.3) is 0 Å². The van der Waals surface area contributed by atoms with Gasteiger partial charge in [-0.15, -0.1) is 11.8 Å². The largest absolute Gasteiger partial charge is 0.508 e. The van der Waals surface area contributed by atoms with Gasteiger partial charge in [-0.25, -0.2) is 0 Å². The predicted molar refractivity (Wildman–Crippen MR) is 69.0 cm³/mol. The Bertz CT molecular complexity index is 439. The quantitative estimate of drug-likeness (QED) is 0.808. The van der Waals surface area contributed by atoms with Crippen LogP contribution in [0.2, 0.25) is 0 Å². The van der Waals surface area contributed by atoms with Gasteiger partial charge in [-0.1, -0.05) is 36.4 Å². The molecule has 1 N–H and O–H groups in total. The van der Waals surface area contributed by atoms with E-state index in [9.17, 15) is 5.11 Å². The lowest BCUT2D eigenvalue weighted by atomic mass is 10.2. The van der Waals surface area contributed by atoms with E-state index in [0.717, 1.165) is 17.1 Å². The van der Waals surface area contributed by atoms with Crippen molar-refractivity contribution < 1.29 is 5.11 Å². The molecule has 0 saturated carbocycles. The number of aryl methyl sites for hydroxylation is 1. The van der Waals surface area contributed by atoms with Gasteiger partial charge in [-0.3, -0.25) is 0 Å². The third-order valence-corrected chi connectivity index (χ3v) is 3.32. The molecule has 2 aromatic rings. The smallest absolute Gasteiger partial charge is 0.116 e. The molecule has 0 saturated heterocycles. The summed E-state index contributed by atoms with van der Waals surface area (Å²) in [5.74, 6) is 1.37. The van der Waals surface area contributed by atoms with Crippen LogP contribution in [0.3, 0.4) is 0 Å². The van der Waals surface area contributed by atoms with Gasteiger partial charge in [0.05, 0.1) is 0 Å². The van der Waals surface area contributed by atoms with Crippen molar-refractivity contribution in [3.8, 4) is 5.75 Å². The van der Waals surface area contributed by atoms with Crippen molar-refractivity contribution in [3.05, 3.63) is 60.2 Å². The van der Waals surface area contributed by atoms with Gasteiger partial charge in [0.1, 0.15) is 5.75 Å². The number of phenols is 1. The average Bonchev–Trinajstić information content (AvgIpc) is 2.30. The van der Waals surface area contributed by atoms with Gasteiger partial charge in [-0.2, -0.15) is 0 Å². The summed E-state index contributed by atoms with van der Waals surface area (Å²) in [5, 5.41) is 9.32. The molecule has 0 unspecified atom stereocenters. The molecule has 16 heavy (non-hydrogen) atoms. The van der Waals surface area contributed by atoms with Crippen LogP contribution in [-0.4, -0.2) is 10.9 Å². The lowest BCUT2D eigenvalue weighted by Gasteiger charge is -2.02. The topological polar surface area (TPSA) is 20.2 Å². The SMILES string of the molecule is Oc1cccc(SCCc2ccccc2)c1. The van der Waals surface area contributed by atoms with Crippen LogP contribution in [0, 0.1) is 0 Å². The Morgan fingerprint density at radius 1 is 0.938 bits per heavy atom. The van der Waals surface area contributed by atoms with Gasteiger partial charge < -0.3 is 5.11 Å². The second kappa shape index (κ2) is 5.61. The van der Waals surface area contributed by atoms with Gasteiger partial charge in [0.15, 0.2) is 0 Å². The fourth-order valence-electron chi connectivity index (χ4n) is 1.50. The maximum Gasteiger partial charge on any atom is 0.116 e. The number of phenolic OH excluding ortho intramolecular Hbond substituents is 1. The van der Waals surface area contributed by atoms with Crippen LogP contribution in [0.1, 0.15) is 5.56 Å². The van der Waals surface area contributed by atoms with Gasteiger partial charge in [0.2, 0.25) is 0 Å². The van der Waals surface area contributed by atoms with Crippen molar-refractivity contribution >= 4 is 11.8 Å². The summed E-state index contributed by atoms with van der Waals surface area (Å²) in [6, 6.07) is 17.8. The highest BCUT2D eigenvalue weighted by Crippen LogP contribution is 2.22. The fraction of sp³-hybridized carbons (Fsp3) is 0.143. The zero-order valence-corrected chi connectivity index (χ0v) is 9.78. The normalized spacial score (nSPS) is 10.2. The highest BCUT2D eigenvalue weighted by molar-refractivity contribution is 7.99. The molecule has 1 nitrogen and oxygen atoms in total. The van der Waals surface area contributed by atoms with E-state index in [1.54, 1.807) is 23.9 Å². The summed E-state index contributed by atoms with van der Waals surface area (Å²) in [7, 11) is 0. The fourth-order valence-corrected chi connectivity index (χ4v) is 2.46. The van der Waals surface area contributed by atoms with Crippen molar-refractivity contribution in [3.63, 3.8) is 0 Å². The van der Waals surface area contributed by atoms with Crippen LogP contribution in [0.4, 0.5) is 0 Å². The number of benzene rings is 2. The maximum atomic E-state index is 9.32. The summed E-state index contributed by atoms with van der Waals surface area (Å²) < 4.78 is 0. The highest BCUT2D eigenvalue weighted by atomic mass is 32.2. The molecule has 2 aromatic carbocycles. The van der Waals surface area contributed by atoms with Crippen LogP contribution in [-0.2, 0) is 6.42 Å². The molecule has 0 atom stereocenters. The Kier molecular flexibility index (Phi) is 3.89. The number of aromatic hydroxyl groups is 1. The molecule has 0 radical (unpaired) electrons. The molecule has 0 aliphatic heterocycles. The lowest BCUT2D eigenvalue weighted by molar-refractivity contribution is 0.474. The van der Waals surface area contributed by atoms with Gasteiger partial charge in [-0.05, 0) is 30.2 Å². The molecular formula is C14H14OS. The summed E-state index contributed by atoms with van der Waals surface area (Å²) >= 11 is 1.77. The molecule has 0 aliphatic rings. The monoisotopic (exact) mass is 230 g/mol. The summed E-state index contributed by atoms with van der Waals surface area (Å²) in [5.41, 5.74) is 1.36. The molecule has 0 amide bonds. The van der Waals surface area contributed by atoms with Crippen LogP contribution in [0.5, 0.6) is 5.75 Å². The molecular weight excluding hydrogens is 216 g/mol. The maximum absolute atomic E-state index is 9.32. The van der Waals surface area contributed by atoms with Crippen molar-refractivity contribution in [2.75, 3.05) is 5.75 Å². The Hall–Kier alpha value is -1.41. The van der Waals surface area contributed by atoms with Gasteiger partial charge >= 0.3 is 0 Å². The molecule has 0 aromatic heterocycles. The second-order valence-corrected chi connectivity index (χ2v) is 4.75. The minimum absolute atomic E-state index is 0.338. The minimum atomic E-state index is 0.338. The lowest BCUT2D eigenvalue weighted by Crippen LogP contribution is -1.87. The van der Waals surface area contributed by atoms with Crippen LogP contribution < -0.4 is 0 Å². The Labute approximate surface area is 100 Å². The first-order valence-electron chi connectivity index (χ1n) is 5.30. The van der Waals surface area contributed by atoms with Crippen molar-refractivity contribution in [1.29, 1.82) is 0 Å². The van der Waals surface area contributed by atoms with E-state index in [1.165, 1.54) is 5.56 Å². The van der Waals surface area contributed by atoms with Crippen LogP contribution >= 0.6 is 11.8 Å². The molecule has 0 aliphatic carbocycles. The standard InChI is InChI=1S/C14H14OS/c15-13-7-4-8-14(11-13)16-10-9-12-5-2-1-3-6-12/h1-8,11,15H,9-10H2. The first-order chi connectivity index (χ1) is 7.84. The van der Waals surface area contributed by atoms with E-state index >= 15 is 0 Å². The first kappa shape index (κ1) is 11.1. The Morgan fingerprint density at radius 3 is 2.50 bits per heavy atom. The van der Waals surface area contributed by atoms with E-state index < -0.39 is 0 Å². The summed E-state index contributed by atoms with van der Waals surface area (Å²) in [6.07, 6.45) is 1.06. The molecule has 2 heteroatoms. The molecule has 0 fully saturated rings. The van der Waals surface area contributed by atoms with E-state index in [2.05, 4.69) is 24.3 Å². The van der Waals surface area contributed by atoms with Crippen molar-refractivity contribution in [2.24, 2.45) is 0 Å². The minimum Gasteiger partial charge on any atom is -0.508 e. The van der Waals surface area contributed by atoms with Crippen molar-refractivity contribution in [1.82, 2.24) is 0 Å². The van der Waals surface area contributed by atoms with Crippen molar-refractivity contribution in [2.45, 2.75) is 11.3 Å².